The zero-order chi connectivity index (χ0) is 26.0. The van der Waals surface area contributed by atoms with Gasteiger partial charge in [0.1, 0.15) is 28.6 Å². The van der Waals surface area contributed by atoms with Crippen LogP contribution in [0.1, 0.15) is 11.5 Å². The Hall–Kier alpha value is -4.26. The molecule has 1 atom stereocenters. The van der Waals surface area contributed by atoms with Crippen molar-refractivity contribution < 1.29 is 22.8 Å². The molecule has 0 fully saturated rings. The average molecular weight is 543 g/mol. The number of nitrogens with one attached hydrogen (secondary N) is 1. The first-order chi connectivity index (χ1) is 18.6. The number of hydrogen-bond donors (Lipinski definition) is 1. The van der Waals surface area contributed by atoms with Crippen LogP contribution in [0.4, 0.5) is 5.69 Å². The molecule has 0 spiro atoms. The number of furan rings is 1. The van der Waals surface area contributed by atoms with Gasteiger partial charge in [0, 0.05) is 11.1 Å². The third-order valence-electron chi connectivity index (χ3n) is 5.91. The molecule has 6 aromatic rings. The van der Waals surface area contributed by atoms with Gasteiger partial charge in [-0.1, -0.05) is 36.4 Å². The van der Waals surface area contributed by atoms with E-state index in [0.717, 1.165) is 21.3 Å². The predicted molar refractivity (Wildman–Crippen MR) is 150 cm³/mol. The first kappa shape index (κ1) is 24.1. The molecule has 0 bridgehead atoms. The van der Waals surface area contributed by atoms with E-state index in [-0.39, 0.29) is 0 Å². The molecule has 0 aliphatic rings. The Bertz CT molecular complexity index is 1690. The minimum atomic E-state index is -4.03. The van der Waals surface area contributed by atoms with Crippen molar-refractivity contribution in [2.45, 2.75) is 5.78 Å². The van der Waals surface area contributed by atoms with E-state index < -0.39 is 13.4 Å². The summed E-state index contributed by atoms with van der Waals surface area (Å²) in [6.07, 6.45) is 0. The lowest BCUT2D eigenvalue weighted by Gasteiger charge is -2.27. The molecular weight excluding hydrogens is 519 g/mol. The molecule has 7 nitrogen and oxygen atoms in total. The zero-order valence-corrected chi connectivity index (χ0v) is 22.0. The Morgan fingerprint density at radius 3 is 2.24 bits per heavy atom. The smallest absolute Gasteiger partial charge is 0.460 e. The lowest BCUT2D eigenvalue weighted by Crippen LogP contribution is -2.17. The Labute approximate surface area is 223 Å². The minimum Gasteiger partial charge on any atom is -0.497 e. The maximum Gasteiger partial charge on any atom is 0.460 e. The summed E-state index contributed by atoms with van der Waals surface area (Å²) in [5, 5.41) is 4.19. The van der Waals surface area contributed by atoms with Crippen molar-refractivity contribution in [1.29, 1.82) is 0 Å². The topological polar surface area (TPSA) is 82.8 Å². The molecule has 190 valence electrons. The van der Waals surface area contributed by atoms with Crippen LogP contribution >= 0.6 is 18.9 Å². The van der Waals surface area contributed by atoms with E-state index in [4.69, 9.17) is 18.2 Å². The van der Waals surface area contributed by atoms with Gasteiger partial charge in [0.05, 0.1) is 22.8 Å². The lowest BCUT2D eigenvalue weighted by molar-refractivity contribution is 0.368. The monoisotopic (exact) mass is 542 g/mol. The van der Waals surface area contributed by atoms with E-state index in [9.17, 15) is 4.57 Å². The van der Waals surface area contributed by atoms with Gasteiger partial charge < -0.3 is 23.5 Å². The largest absolute Gasteiger partial charge is 0.497 e. The van der Waals surface area contributed by atoms with Gasteiger partial charge in [0.2, 0.25) is 5.78 Å². The average Bonchev–Trinajstić information content (AvgIpc) is 3.58. The number of methoxy groups -OCH3 is 1. The first-order valence-electron chi connectivity index (χ1n) is 11.9. The van der Waals surface area contributed by atoms with Gasteiger partial charge in [-0.05, 0) is 66.7 Å². The van der Waals surface area contributed by atoms with E-state index in [1.54, 1.807) is 36.9 Å². The number of rotatable bonds is 9. The van der Waals surface area contributed by atoms with E-state index in [2.05, 4.69) is 10.3 Å². The molecule has 6 rings (SSSR count). The second kappa shape index (κ2) is 10.2. The number of nitrogens with zero attached hydrogens (tertiary/aromatic N) is 1. The van der Waals surface area contributed by atoms with Crippen LogP contribution in [0, 0.1) is 0 Å². The van der Waals surface area contributed by atoms with Crippen molar-refractivity contribution in [3.05, 3.63) is 114 Å². The molecule has 0 amide bonds. The molecular formula is C29H23N2O5PS. The van der Waals surface area contributed by atoms with Gasteiger partial charge >= 0.3 is 7.60 Å². The summed E-state index contributed by atoms with van der Waals surface area (Å²) in [5.41, 5.74) is 4.02. The number of fused-ring (bicyclic) bond motifs is 2. The highest BCUT2D eigenvalue weighted by molar-refractivity contribution is 7.55. The Morgan fingerprint density at radius 1 is 0.842 bits per heavy atom. The van der Waals surface area contributed by atoms with Crippen molar-refractivity contribution in [2.24, 2.45) is 0 Å². The van der Waals surface area contributed by atoms with E-state index >= 15 is 0 Å². The Balaban J connectivity index is 1.49. The van der Waals surface area contributed by atoms with Crippen LogP contribution in [0.5, 0.6) is 17.2 Å². The number of para-hydroxylation sites is 2. The summed E-state index contributed by atoms with van der Waals surface area (Å²) in [7, 11) is -2.42. The molecule has 0 saturated carbocycles. The summed E-state index contributed by atoms with van der Waals surface area (Å²) in [4.78, 5) is 4.36. The Morgan fingerprint density at radius 2 is 1.55 bits per heavy atom. The second-order valence-electron chi connectivity index (χ2n) is 8.48. The number of thiazole rings is 1. The Kier molecular flexibility index (Phi) is 6.50. The summed E-state index contributed by atoms with van der Waals surface area (Å²) in [6, 6.07) is 31.0. The fourth-order valence-electron chi connectivity index (χ4n) is 4.09. The normalized spacial score (nSPS) is 12.3. The number of anilines is 1. The molecule has 0 saturated heterocycles. The predicted octanol–water partition coefficient (Wildman–Crippen LogP) is 8.51. The summed E-state index contributed by atoms with van der Waals surface area (Å²) < 4.78 is 39.8. The fourth-order valence-corrected chi connectivity index (χ4v) is 6.63. The van der Waals surface area contributed by atoms with Gasteiger partial charge in [0.15, 0.2) is 0 Å². The molecule has 0 radical (unpaired) electrons. The highest BCUT2D eigenvalue weighted by Gasteiger charge is 2.43. The van der Waals surface area contributed by atoms with Crippen molar-refractivity contribution in [3.8, 4) is 17.2 Å². The number of aromatic nitrogens is 1. The molecule has 2 aromatic heterocycles. The van der Waals surface area contributed by atoms with Gasteiger partial charge in [-0.3, -0.25) is 0 Å². The van der Waals surface area contributed by atoms with E-state index in [1.807, 2.05) is 78.9 Å². The van der Waals surface area contributed by atoms with Crippen LogP contribution < -0.4 is 19.1 Å². The number of ether oxygens (including phenoxy) is 1. The first-order valence-corrected chi connectivity index (χ1v) is 14.4. The molecule has 0 aliphatic heterocycles. The van der Waals surface area contributed by atoms with Crippen LogP contribution in [0.2, 0.25) is 0 Å². The summed E-state index contributed by atoms with van der Waals surface area (Å²) >= 11 is 1.53. The van der Waals surface area contributed by atoms with Gasteiger partial charge in [-0.25, -0.2) is 9.55 Å². The standard InChI is InChI=1S/C29H23N2O5PS/c1-33-24-13-15-26-20(16-24)17-27(34-26)29(31-21-12-14-25-28(18-21)38-19-30-25)37(32,35-22-8-4-2-5-9-22)36-23-10-6-3-7-11-23/h2-19,29,31H,1H3. The van der Waals surface area contributed by atoms with E-state index in [0.29, 0.717) is 28.6 Å². The molecule has 38 heavy (non-hydrogen) atoms. The van der Waals surface area contributed by atoms with Crippen LogP contribution in [0.25, 0.3) is 21.2 Å². The lowest BCUT2D eigenvalue weighted by atomic mass is 10.2. The summed E-state index contributed by atoms with van der Waals surface area (Å²) in [5.74, 6) is 0.914. The van der Waals surface area contributed by atoms with Crippen LogP contribution in [-0.4, -0.2) is 12.1 Å². The van der Waals surface area contributed by atoms with Crippen LogP contribution in [0.3, 0.4) is 0 Å². The van der Waals surface area contributed by atoms with Crippen molar-refractivity contribution >= 4 is 45.8 Å². The zero-order valence-electron chi connectivity index (χ0n) is 20.3. The van der Waals surface area contributed by atoms with Crippen molar-refractivity contribution in [1.82, 2.24) is 4.98 Å². The third kappa shape index (κ3) is 4.96. The van der Waals surface area contributed by atoms with E-state index in [1.165, 1.54) is 11.3 Å². The molecule has 2 heterocycles. The van der Waals surface area contributed by atoms with Crippen LogP contribution in [-0.2, 0) is 4.57 Å². The van der Waals surface area contributed by atoms with Crippen LogP contribution in [0.15, 0.2) is 113 Å². The third-order valence-corrected chi connectivity index (χ3v) is 8.65. The quantitative estimate of drug-likeness (QED) is 0.183. The second-order valence-corrected chi connectivity index (χ2v) is 11.3. The molecule has 4 aromatic carbocycles. The fraction of sp³-hybridized carbons (Fsp3) is 0.0690. The van der Waals surface area contributed by atoms with Crippen molar-refractivity contribution in [2.75, 3.05) is 12.4 Å². The van der Waals surface area contributed by atoms with Gasteiger partial charge in [0.25, 0.3) is 0 Å². The van der Waals surface area contributed by atoms with Gasteiger partial charge in [-0.15, -0.1) is 11.3 Å². The number of hydrogen-bond acceptors (Lipinski definition) is 8. The highest BCUT2D eigenvalue weighted by atomic mass is 32.1. The maximum atomic E-state index is 14.9. The van der Waals surface area contributed by atoms with Crippen molar-refractivity contribution in [3.63, 3.8) is 0 Å². The van der Waals surface area contributed by atoms with Gasteiger partial charge in [-0.2, -0.15) is 0 Å². The number of benzene rings is 4. The minimum absolute atomic E-state index is 0.396. The molecule has 0 aliphatic carbocycles. The maximum absolute atomic E-state index is 14.9. The SMILES string of the molecule is COc1ccc2oc(C(Nc3ccc4ncsc4c3)P(=O)(Oc3ccccc3)Oc3ccccc3)cc2c1. The highest BCUT2D eigenvalue weighted by Crippen LogP contribution is 2.60. The molecule has 9 heteroatoms. The molecule has 1 unspecified atom stereocenters. The molecule has 1 N–H and O–H groups in total. The summed E-state index contributed by atoms with van der Waals surface area (Å²) in [6.45, 7) is 0.